The number of hydrogen-bond donors (Lipinski definition) is 2. The summed E-state index contributed by atoms with van der Waals surface area (Å²) >= 11 is 0. The molecule has 1 heterocycles. The zero-order valence-corrected chi connectivity index (χ0v) is 12.5. The second kappa shape index (κ2) is 8.35. The van der Waals surface area contributed by atoms with Crippen LogP contribution in [0, 0.1) is 0 Å². The van der Waals surface area contributed by atoms with Gasteiger partial charge in [-0.25, -0.2) is 4.79 Å². The van der Waals surface area contributed by atoms with E-state index in [-0.39, 0.29) is 18.6 Å². The molecule has 1 aliphatic rings. The van der Waals surface area contributed by atoms with Gasteiger partial charge in [0.15, 0.2) is 6.61 Å². The van der Waals surface area contributed by atoms with Gasteiger partial charge in [-0.3, -0.25) is 4.79 Å². The molecule has 120 valence electrons. The van der Waals surface area contributed by atoms with E-state index in [9.17, 15) is 9.59 Å². The van der Waals surface area contributed by atoms with Gasteiger partial charge >= 0.3 is 5.97 Å². The number of esters is 1. The molecule has 0 saturated carbocycles. The predicted octanol–water partition coefficient (Wildman–Crippen LogP) is 0.555. The van der Waals surface area contributed by atoms with Gasteiger partial charge in [0.2, 0.25) is 5.91 Å². The van der Waals surface area contributed by atoms with Crippen LogP contribution in [-0.4, -0.2) is 51.4 Å². The molecule has 22 heavy (non-hydrogen) atoms. The standard InChI is InChI=1S/C15H20N2O5/c1-20-15(19)10-22-12-4-2-11(3-5-12)17-14(18)8-13-9-16-6-7-21-13/h2-5,13,16H,6-10H2,1H3,(H,17,18). The first-order valence-electron chi connectivity index (χ1n) is 7.09. The van der Waals surface area contributed by atoms with E-state index in [2.05, 4.69) is 15.4 Å². The van der Waals surface area contributed by atoms with E-state index in [1.54, 1.807) is 24.3 Å². The Morgan fingerprint density at radius 2 is 2.14 bits per heavy atom. The Kier molecular flexibility index (Phi) is 6.17. The Bertz CT molecular complexity index is 497. The summed E-state index contributed by atoms with van der Waals surface area (Å²) in [7, 11) is 1.30. The van der Waals surface area contributed by atoms with E-state index in [0.29, 0.717) is 31.0 Å². The highest BCUT2D eigenvalue weighted by Gasteiger charge is 2.17. The molecule has 0 aliphatic carbocycles. The van der Waals surface area contributed by atoms with Crippen LogP contribution in [0.4, 0.5) is 5.69 Å². The van der Waals surface area contributed by atoms with Gasteiger partial charge in [-0.1, -0.05) is 0 Å². The lowest BCUT2D eigenvalue weighted by Gasteiger charge is -2.23. The third-order valence-electron chi connectivity index (χ3n) is 3.14. The smallest absolute Gasteiger partial charge is 0.343 e. The number of carbonyl (C=O) groups is 2. The fraction of sp³-hybridized carbons (Fsp3) is 0.467. The second-order valence-electron chi connectivity index (χ2n) is 4.84. The van der Waals surface area contributed by atoms with Crippen LogP contribution >= 0.6 is 0 Å². The normalized spacial score (nSPS) is 17.6. The minimum Gasteiger partial charge on any atom is -0.482 e. The molecule has 1 atom stereocenters. The van der Waals surface area contributed by atoms with E-state index in [1.165, 1.54) is 7.11 Å². The van der Waals surface area contributed by atoms with E-state index >= 15 is 0 Å². The number of ether oxygens (including phenoxy) is 3. The van der Waals surface area contributed by atoms with E-state index < -0.39 is 5.97 Å². The number of methoxy groups -OCH3 is 1. The molecular formula is C15H20N2O5. The summed E-state index contributed by atoms with van der Waals surface area (Å²) in [5.41, 5.74) is 0.666. The molecule has 1 fully saturated rings. The highest BCUT2D eigenvalue weighted by molar-refractivity contribution is 5.91. The third kappa shape index (κ3) is 5.34. The molecule has 1 saturated heterocycles. The maximum atomic E-state index is 11.9. The van der Waals surface area contributed by atoms with Crippen molar-refractivity contribution >= 4 is 17.6 Å². The van der Waals surface area contributed by atoms with E-state index in [1.807, 2.05) is 0 Å². The molecule has 2 N–H and O–H groups in total. The molecule has 1 unspecified atom stereocenters. The van der Waals surface area contributed by atoms with Crippen LogP contribution in [0.2, 0.25) is 0 Å². The van der Waals surface area contributed by atoms with Crippen molar-refractivity contribution in [3.63, 3.8) is 0 Å². The zero-order valence-electron chi connectivity index (χ0n) is 12.5. The molecule has 7 nitrogen and oxygen atoms in total. The fourth-order valence-corrected chi connectivity index (χ4v) is 2.01. The molecule has 1 aliphatic heterocycles. The maximum Gasteiger partial charge on any atom is 0.343 e. The lowest BCUT2D eigenvalue weighted by atomic mass is 10.2. The van der Waals surface area contributed by atoms with Crippen LogP contribution in [0.5, 0.6) is 5.75 Å². The van der Waals surface area contributed by atoms with Gasteiger partial charge in [0, 0.05) is 18.8 Å². The van der Waals surface area contributed by atoms with Crippen LogP contribution in [0.15, 0.2) is 24.3 Å². The number of benzene rings is 1. The minimum absolute atomic E-state index is 0.0867. The molecular weight excluding hydrogens is 288 g/mol. The summed E-state index contributed by atoms with van der Waals surface area (Å²) in [6, 6.07) is 6.78. The molecule has 7 heteroatoms. The number of amides is 1. The Balaban J connectivity index is 1.77. The third-order valence-corrected chi connectivity index (χ3v) is 3.14. The van der Waals surface area contributed by atoms with Crippen LogP contribution < -0.4 is 15.4 Å². The summed E-state index contributed by atoms with van der Waals surface area (Å²) in [5.74, 6) is -0.0152. The lowest BCUT2D eigenvalue weighted by Crippen LogP contribution is -2.40. The summed E-state index contributed by atoms with van der Waals surface area (Å²) in [6.07, 6.45) is 0.226. The maximum absolute atomic E-state index is 11.9. The summed E-state index contributed by atoms with van der Waals surface area (Å²) < 4.78 is 15.2. The Morgan fingerprint density at radius 1 is 1.36 bits per heavy atom. The molecule has 2 rings (SSSR count). The summed E-state index contributed by atoms with van der Waals surface area (Å²) in [6.45, 7) is 2.00. The number of nitrogens with one attached hydrogen (secondary N) is 2. The van der Waals surface area contributed by atoms with Crippen molar-refractivity contribution in [3.05, 3.63) is 24.3 Å². The molecule has 0 spiro atoms. The Morgan fingerprint density at radius 3 is 2.77 bits per heavy atom. The predicted molar refractivity (Wildman–Crippen MR) is 79.8 cm³/mol. The van der Waals surface area contributed by atoms with Crippen molar-refractivity contribution in [1.29, 1.82) is 0 Å². The molecule has 0 aromatic heterocycles. The van der Waals surface area contributed by atoms with Gasteiger partial charge in [0.25, 0.3) is 0 Å². The molecule has 1 aromatic rings. The van der Waals surface area contributed by atoms with Crippen LogP contribution in [0.1, 0.15) is 6.42 Å². The van der Waals surface area contributed by atoms with Crippen molar-refractivity contribution < 1.29 is 23.8 Å². The second-order valence-corrected chi connectivity index (χ2v) is 4.84. The van der Waals surface area contributed by atoms with Crippen molar-refractivity contribution in [1.82, 2.24) is 5.32 Å². The van der Waals surface area contributed by atoms with Gasteiger partial charge in [0.1, 0.15) is 5.75 Å². The first-order chi connectivity index (χ1) is 10.7. The van der Waals surface area contributed by atoms with E-state index in [0.717, 1.165) is 6.54 Å². The summed E-state index contributed by atoms with van der Waals surface area (Å²) in [5, 5.41) is 5.98. The Labute approximate surface area is 128 Å². The van der Waals surface area contributed by atoms with Gasteiger partial charge in [-0.2, -0.15) is 0 Å². The molecule has 1 amide bonds. The van der Waals surface area contributed by atoms with Crippen LogP contribution in [0.25, 0.3) is 0 Å². The van der Waals surface area contributed by atoms with Gasteiger partial charge in [-0.15, -0.1) is 0 Å². The van der Waals surface area contributed by atoms with Crippen molar-refractivity contribution in [2.45, 2.75) is 12.5 Å². The number of anilines is 1. The molecule has 1 aromatic carbocycles. The quantitative estimate of drug-likeness (QED) is 0.747. The minimum atomic E-state index is -0.446. The number of carbonyl (C=O) groups excluding carboxylic acids is 2. The van der Waals surface area contributed by atoms with Crippen molar-refractivity contribution in [2.24, 2.45) is 0 Å². The largest absolute Gasteiger partial charge is 0.482 e. The topological polar surface area (TPSA) is 85.9 Å². The average molecular weight is 308 g/mol. The van der Waals surface area contributed by atoms with Crippen molar-refractivity contribution in [3.8, 4) is 5.75 Å². The highest BCUT2D eigenvalue weighted by atomic mass is 16.6. The zero-order chi connectivity index (χ0) is 15.8. The highest BCUT2D eigenvalue weighted by Crippen LogP contribution is 2.16. The number of rotatable bonds is 6. The van der Waals surface area contributed by atoms with Crippen LogP contribution in [0.3, 0.4) is 0 Å². The van der Waals surface area contributed by atoms with Gasteiger partial charge in [0.05, 0.1) is 26.2 Å². The molecule has 0 radical (unpaired) electrons. The van der Waals surface area contributed by atoms with E-state index in [4.69, 9.17) is 9.47 Å². The SMILES string of the molecule is COC(=O)COc1ccc(NC(=O)CC2CNCCO2)cc1. The number of hydrogen-bond acceptors (Lipinski definition) is 6. The summed E-state index contributed by atoms with van der Waals surface area (Å²) in [4.78, 5) is 22.9. The molecule has 0 bridgehead atoms. The van der Waals surface area contributed by atoms with Gasteiger partial charge in [-0.05, 0) is 24.3 Å². The fourth-order valence-electron chi connectivity index (χ4n) is 2.01. The monoisotopic (exact) mass is 308 g/mol. The number of morpholine rings is 1. The lowest BCUT2D eigenvalue weighted by molar-refractivity contribution is -0.142. The van der Waals surface area contributed by atoms with Crippen molar-refractivity contribution in [2.75, 3.05) is 38.7 Å². The first kappa shape index (κ1) is 16.3. The van der Waals surface area contributed by atoms with Gasteiger partial charge < -0.3 is 24.8 Å². The first-order valence-corrected chi connectivity index (χ1v) is 7.09. The Hall–Kier alpha value is -2.12. The van der Waals surface area contributed by atoms with Crippen LogP contribution in [-0.2, 0) is 19.1 Å². The average Bonchev–Trinajstić information content (AvgIpc) is 2.54.